The topological polar surface area (TPSA) is 86.3 Å². The summed E-state index contributed by atoms with van der Waals surface area (Å²) >= 11 is 6.33. The molecule has 1 fully saturated rings. The van der Waals surface area contributed by atoms with E-state index in [9.17, 15) is 9.59 Å². The number of benzene rings is 2. The summed E-state index contributed by atoms with van der Waals surface area (Å²) in [7, 11) is 0. The number of carbonyl (C=O) groups excluding carboxylic acids is 2. The molecule has 178 valence electrons. The summed E-state index contributed by atoms with van der Waals surface area (Å²) in [5.41, 5.74) is 1.44. The van der Waals surface area contributed by atoms with Crippen LogP contribution in [-0.2, 0) is 9.59 Å². The van der Waals surface area contributed by atoms with E-state index in [1.165, 1.54) is 6.08 Å². The number of piperidine rings is 1. The fourth-order valence-corrected chi connectivity index (χ4v) is 4.47. The monoisotopic (exact) mass is 484 g/mol. The van der Waals surface area contributed by atoms with E-state index in [-0.39, 0.29) is 24.5 Å². The molecular weight excluding hydrogens is 460 g/mol. The Kier molecular flexibility index (Phi) is 6.49. The summed E-state index contributed by atoms with van der Waals surface area (Å²) in [4.78, 5) is 27.1. The predicted molar refractivity (Wildman–Crippen MR) is 127 cm³/mol. The number of ether oxygens (including phenoxy) is 4. The van der Waals surface area contributed by atoms with E-state index in [0.29, 0.717) is 72.9 Å². The van der Waals surface area contributed by atoms with E-state index in [1.54, 1.807) is 35.2 Å². The van der Waals surface area contributed by atoms with Gasteiger partial charge in [-0.1, -0.05) is 11.6 Å². The van der Waals surface area contributed by atoms with Crippen LogP contribution in [0.25, 0.3) is 6.08 Å². The first-order valence-electron chi connectivity index (χ1n) is 11.3. The van der Waals surface area contributed by atoms with Crippen molar-refractivity contribution in [2.75, 3.05) is 38.4 Å². The maximum atomic E-state index is 12.7. The van der Waals surface area contributed by atoms with Crippen molar-refractivity contribution in [3.05, 3.63) is 47.0 Å². The minimum absolute atomic E-state index is 0.0525. The van der Waals surface area contributed by atoms with Crippen molar-refractivity contribution in [2.24, 2.45) is 5.92 Å². The molecule has 0 bridgehead atoms. The zero-order valence-electron chi connectivity index (χ0n) is 18.6. The molecule has 8 nitrogen and oxygen atoms in total. The van der Waals surface area contributed by atoms with Gasteiger partial charge in [-0.3, -0.25) is 9.59 Å². The molecule has 0 atom stereocenters. The van der Waals surface area contributed by atoms with Crippen LogP contribution in [0.1, 0.15) is 24.8 Å². The van der Waals surface area contributed by atoms with Crippen molar-refractivity contribution < 1.29 is 28.5 Å². The number of nitrogens with zero attached hydrogens (tertiary/aromatic N) is 1. The molecule has 3 aliphatic heterocycles. The third kappa shape index (κ3) is 4.92. The van der Waals surface area contributed by atoms with Gasteiger partial charge in [0.05, 0.1) is 18.2 Å². The van der Waals surface area contributed by atoms with Crippen LogP contribution in [0.5, 0.6) is 23.0 Å². The molecule has 3 aliphatic rings. The van der Waals surface area contributed by atoms with E-state index < -0.39 is 0 Å². The molecule has 0 spiro atoms. The van der Waals surface area contributed by atoms with Crippen molar-refractivity contribution in [1.29, 1.82) is 0 Å². The van der Waals surface area contributed by atoms with Crippen LogP contribution in [0, 0.1) is 5.92 Å². The Balaban J connectivity index is 1.14. The van der Waals surface area contributed by atoms with Gasteiger partial charge in [0.25, 0.3) is 0 Å². The molecule has 2 aromatic carbocycles. The number of halogens is 1. The molecule has 0 saturated carbocycles. The van der Waals surface area contributed by atoms with Crippen LogP contribution in [-0.4, -0.2) is 49.8 Å². The number of fused-ring (bicyclic) bond motifs is 2. The number of likely N-dealkylation sites (tertiary alicyclic amines) is 1. The molecule has 0 aromatic heterocycles. The predicted octanol–water partition coefficient (Wildman–Crippen LogP) is 4.12. The van der Waals surface area contributed by atoms with Gasteiger partial charge in [0.2, 0.25) is 18.6 Å². The molecule has 34 heavy (non-hydrogen) atoms. The highest BCUT2D eigenvalue weighted by molar-refractivity contribution is 6.32. The normalized spacial score (nSPS) is 17.5. The Labute approximate surface area is 202 Å². The number of carbonyl (C=O) groups is 2. The van der Waals surface area contributed by atoms with Crippen LogP contribution < -0.4 is 24.3 Å². The lowest BCUT2D eigenvalue weighted by Gasteiger charge is -2.30. The molecule has 2 aromatic rings. The SMILES string of the molecule is O=C(Nc1ccc2c(c1)OCO2)C1CCN(C(=O)/C=C/c2cc(Cl)c3c(c2)OCCCO3)CC1. The van der Waals surface area contributed by atoms with Crippen LogP contribution in [0.3, 0.4) is 0 Å². The average molecular weight is 485 g/mol. The van der Waals surface area contributed by atoms with Crippen molar-refractivity contribution in [2.45, 2.75) is 19.3 Å². The largest absolute Gasteiger partial charge is 0.489 e. The molecule has 9 heteroatoms. The Morgan fingerprint density at radius 1 is 0.971 bits per heavy atom. The second-order valence-corrected chi connectivity index (χ2v) is 8.78. The maximum absolute atomic E-state index is 12.7. The third-order valence-electron chi connectivity index (χ3n) is 6.06. The Hall–Kier alpha value is -3.39. The molecular formula is C25H25ClN2O6. The van der Waals surface area contributed by atoms with Gasteiger partial charge < -0.3 is 29.2 Å². The average Bonchev–Trinajstić information content (AvgIpc) is 3.18. The number of anilines is 1. The molecule has 0 aliphatic carbocycles. The van der Waals surface area contributed by atoms with Gasteiger partial charge in [-0.25, -0.2) is 0 Å². The first kappa shape index (κ1) is 22.4. The van der Waals surface area contributed by atoms with Crippen LogP contribution >= 0.6 is 11.6 Å². The first-order valence-corrected chi connectivity index (χ1v) is 11.7. The fourth-order valence-electron chi connectivity index (χ4n) is 4.20. The Bertz CT molecular complexity index is 1130. The van der Waals surface area contributed by atoms with Gasteiger partial charge in [-0.2, -0.15) is 0 Å². The van der Waals surface area contributed by atoms with Gasteiger partial charge in [-0.05, 0) is 48.7 Å². The summed E-state index contributed by atoms with van der Waals surface area (Å²) in [6.07, 6.45) is 5.25. The highest BCUT2D eigenvalue weighted by Crippen LogP contribution is 2.38. The maximum Gasteiger partial charge on any atom is 0.246 e. The van der Waals surface area contributed by atoms with Gasteiger partial charge >= 0.3 is 0 Å². The molecule has 0 radical (unpaired) electrons. The van der Waals surface area contributed by atoms with Crippen molar-refractivity contribution in [3.63, 3.8) is 0 Å². The van der Waals surface area contributed by atoms with Gasteiger partial charge in [0, 0.05) is 43.3 Å². The van der Waals surface area contributed by atoms with E-state index in [4.69, 9.17) is 30.5 Å². The first-order chi connectivity index (χ1) is 16.6. The van der Waals surface area contributed by atoms with Gasteiger partial charge in [0.15, 0.2) is 23.0 Å². The lowest BCUT2D eigenvalue weighted by atomic mass is 9.95. The minimum atomic E-state index is -0.154. The fraction of sp³-hybridized carbons (Fsp3) is 0.360. The van der Waals surface area contributed by atoms with Crippen LogP contribution in [0.2, 0.25) is 5.02 Å². The zero-order valence-corrected chi connectivity index (χ0v) is 19.3. The number of nitrogens with one attached hydrogen (secondary N) is 1. The molecule has 1 saturated heterocycles. The van der Waals surface area contributed by atoms with Crippen LogP contribution in [0.15, 0.2) is 36.4 Å². The van der Waals surface area contributed by atoms with Crippen molar-refractivity contribution in [3.8, 4) is 23.0 Å². The number of rotatable bonds is 4. The highest BCUT2D eigenvalue weighted by atomic mass is 35.5. The van der Waals surface area contributed by atoms with E-state index >= 15 is 0 Å². The van der Waals surface area contributed by atoms with Crippen molar-refractivity contribution >= 4 is 35.2 Å². The van der Waals surface area contributed by atoms with Gasteiger partial charge in [0.1, 0.15) is 0 Å². The smallest absolute Gasteiger partial charge is 0.246 e. The second-order valence-electron chi connectivity index (χ2n) is 8.37. The Morgan fingerprint density at radius 2 is 1.76 bits per heavy atom. The molecule has 1 N–H and O–H groups in total. The lowest BCUT2D eigenvalue weighted by molar-refractivity contribution is -0.130. The molecule has 2 amide bonds. The molecule has 0 unspecified atom stereocenters. The minimum Gasteiger partial charge on any atom is -0.489 e. The van der Waals surface area contributed by atoms with Gasteiger partial charge in [-0.15, -0.1) is 0 Å². The number of amides is 2. The standard InChI is InChI=1S/C25H25ClN2O6/c26-19-12-16(13-22-24(19)32-11-1-10-31-22)2-5-23(29)28-8-6-17(7-9-28)25(30)27-18-3-4-20-21(14-18)34-15-33-20/h2-5,12-14,17H,1,6-11,15H2,(H,27,30)/b5-2+. The third-order valence-corrected chi connectivity index (χ3v) is 6.34. The van der Waals surface area contributed by atoms with E-state index in [0.717, 1.165) is 12.0 Å². The number of hydrogen-bond acceptors (Lipinski definition) is 6. The second kappa shape index (κ2) is 9.85. The quantitative estimate of drug-likeness (QED) is 0.657. The zero-order chi connectivity index (χ0) is 23.5. The van der Waals surface area contributed by atoms with Crippen molar-refractivity contribution in [1.82, 2.24) is 4.90 Å². The lowest BCUT2D eigenvalue weighted by Crippen LogP contribution is -2.40. The summed E-state index contributed by atoms with van der Waals surface area (Å²) in [6, 6.07) is 8.91. The van der Waals surface area contributed by atoms with Crippen LogP contribution in [0.4, 0.5) is 5.69 Å². The number of hydrogen-bond donors (Lipinski definition) is 1. The summed E-state index contributed by atoms with van der Waals surface area (Å²) in [6.45, 7) is 2.35. The summed E-state index contributed by atoms with van der Waals surface area (Å²) in [5, 5.41) is 3.40. The highest BCUT2D eigenvalue weighted by Gasteiger charge is 2.27. The summed E-state index contributed by atoms with van der Waals surface area (Å²) in [5.74, 6) is 2.13. The van der Waals surface area contributed by atoms with E-state index in [2.05, 4.69) is 5.32 Å². The molecule has 3 heterocycles. The Morgan fingerprint density at radius 3 is 2.62 bits per heavy atom. The van der Waals surface area contributed by atoms with E-state index in [1.807, 2.05) is 6.07 Å². The summed E-state index contributed by atoms with van der Waals surface area (Å²) < 4.78 is 22.0. The molecule has 5 rings (SSSR count).